The molecule has 1 amide bonds. The summed E-state index contributed by atoms with van der Waals surface area (Å²) in [6.45, 7) is 4.00. The van der Waals surface area contributed by atoms with Crippen LogP contribution in [0.4, 0.5) is 0 Å². The summed E-state index contributed by atoms with van der Waals surface area (Å²) < 4.78 is 24.2. The third kappa shape index (κ3) is 6.13. The van der Waals surface area contributed by atoms with Crippen molar-refractivity contribution in [3.63, 3.8) is 0 Å². The maximum Gasteiger partial charge on any atom is 0.237 e. The molecule has 0 fully saturated rings. The Morgan fingerprint density at radius 3 is 2.74 bits per heavy atom. The summed E-state index contributed by atoms with van der Waals surface area (Å²) in [4.78, 5) is 17.0. The van der Waals surface area contributed by atoms with Crippen molar-refractivity contribution in [3.05, 3.63) is 16.1 Å². The topological polar surface area (TPSA) is 88.2 Å². The number of amides is 1. The summed E-state index contributed by atoms with van der Waals surface area (Å²) in [7, 11) is -3.36. The first-order valence-electron chi connectivity index (χ1n) is 5.93. The molecular formula is C11H19N3O3S2. The van der Waals surface area contributed by atoms with Crippen LogP contribution in [-0.2, 0) is 21.2 Å². The van der Waals surface area contributed by atoms with E-state index in [1.54, 1.807) is 16.8 Å². The second-order valence-corrected chi connectivity index (χ2v) is 7.09. The predicted octanol–water partition coefficient (Wildman–Crippen LogP) is 0.438. The molecule has 0 bridgehead atoms. The van der Waals surface area contributed by atoms with Gasteiger partial charge >= 0.3 is 0 Å². The molecule has 19 heavy (non-hydrogen) atoms. The van der Waals surface area contributed by atoms with Crippen molar-refractivity contribution in [2.24, 2.45) is 0 Å². The van der Waals surface area contributed by atoms with Gasteiger partial charge in [0, 0.05) is 11.4 Å². The highest BCUT2D eigenvalue weighted by Crippen LogP contribution is 2.13. The monoisotopic (exact) mass is 305 g/mol. The maximum atomic E-state index is 11.6. The Hall–Kier alpha value is -0.990. The molecule has 0 aromatic carbocycles. The van der Waals surface area contributed by atoms with Gasteiger partial charge in [-0.25, -0.2) is 18.1 Å². The molecule has 0 aliphatic rings. The predicted molar refractivity (Wildman–Crippen MR) is 75.6 cm³/mol. The van der Waals surface area contributed by atoms with Crippen molar-refractivity contribution in [3.8, 4) is 0 Å². The lowest BCUT2D eigenvalue weighted by Gasteiger charge is -2.12. The molecule has 1 aromatic heterocycles. The highest BCUT2D eigenvalue weighted by Gasteiger charge is 2.16. The molecule has 1 atom stereocenters. The number of nitrogens with one attached hydrogen (secondary N) is 2. The van der Waals surface area contributed by atoms with Gasteiger partial charge in [-0.1, -0.05) is 0 Å². The highest BCUT2D eigenvalue weighted by atomic mass is 32.2. The average molecular weight is 305 g/mol. The Bertz CT molecular complexity index is 525. The number of nitrogens with zero attached hydrogens (tertiary/aromatic N) is 1. The molecule has 1 aromatic rings. The van der Waals surface area contributed by atoms with Crippen LogP contribution in [0.25, 0.3) is 0 Å². The Kier molecular flexibility index (Phi) is 5.89. The Labute approximate surface area is 117 Å². The lowest BCUT2D eigenvalue weighted by Crippen LogP contribution is -2.44. The molecule has 0 aliphatic carbocycles. The van der Waals surface area contributed by atoms with Crippen molar-refractivity contribution >= 4 is 27.3 Å². The van der Waals surface area contributed by atoms with Gasteiger partial charge in [-0.3, -0.25) is 4.79 Å². The molecular weight excluding hydrogens is 286 g/mol. The smallest absolute Gasteiger partial charge is 0.237 e. The van der Waals surface area contributed by atoms with Crippen molar-refractivity contribution in [2.45, 2.75) is 32.7 Å². The van der Waals surface area contributed by atoms with Gasteiger partial charge in [0.15, 0.2) is 0 Å². The van der Waals surface area contributed by atoms with E-state index in [9.17, 15) is 13.2 Å². The lowest BCUT2D eigenvalue weighted by atomic mass is 10.2. The molecule has 2 N–H and O–H groups in total. The zero-order chi connectivity index (χ0) is 14.5. The number of hydrogen-bond donors (Lipinski definition) is 2. The summed E-state index contributed by atoms with van der Waals surface area (Å²) >= 11 is 1.61. The molecule has 6 nitrogen and oxygen atoms in total. The van der Waals surface area contributed by atoms with Gasteiger partial charge in [-0.05, 0) is 26.7 Å². The van der Waals surface area contributed by atoms with E-state index in [2.05, 4.69) is 15.0 Å². The number of carbonyl (C=O) groups is 1. The van der Waals surface area contributed by atoms with Crippen molar-refractivity contribution in [1.82, 2.24) is 15.0 Å². The fourth-order valence-corrected chi connectivity index (χ4v) is 3.13. The SMILES string of the molecule is Cc1ncsc1CCCNC(=O)C(C)NS(C)(=O)=O. The number of aryl methyl sites for hydroxylation is 2. The first-order valence-corrected chi connectivity index (χ1v) is 8.70. The van der Waals surface area contributed by atoms with Crippen LogP contribution in [0.2, 0.25) is 0 Å². The molecule has 0 aliphatic heterocycles. The fourth-order valence-electron chi connectivity index (χ4n) is 1.55. The number of aromatic nitrogens is 1. The summed E-state index contributed by atoms with van der Waals surface area (Å²) in [5.41, 5.74) is 2.84. The van der Waals surface area contributed by atoms with Crippen molar-refractivity contribution in [2.75, 3.05) is 12.8 Å². The normalized spacial score (nSPS) is 13.2. The van der Waals surface area contributed by atoms with Crippen LogP contribution in [-0.4, -0.2) is 38.2 Å². The van der Waals surface area contributed by atoms with E-state index in [1.165, 1.54) is 11.8 Å². The van der Waals surface area contributed by atoms with Gasteiger partial charge in [0.1, 0.15) is 0 Å². The van der Waals surface area contributed by atoms with Crippen LogP contribution >= 0.6 is 11.3 Å². The third-order valence-corrected chi connectivity index (χ3v) is 4.29. The van der Waals surface area contributed by atoms with Gasteiger partial charge in [0.2, 0.25) is 15.9 Å². The molecule has 108 valence electrons. The van der Waals surface area contributed by atoms with Gasteiger partial charge in [-0.2, -0.15) is 0 Å². The minimum atomic E-state index is -3.36. The van der Waals surface area contributed by atoms with Gasteiger partial charge < -0.3 is 5.32 Å². The van der Waals surface area contributed by atoms with Crippen LogP contribution < -0.4 is 10.0 Å². The number of carbonyl (C=O) groups excluding carboxylic acids is 1. The standard InChI is InChI=1S/C11H19N3O3S2/c1-8-10(18-7-13-8)5-4-6-12-11(15)9(2)14-19(3,16)17/h7,9,14H,4-6H2,1-3H3,(H,12,15). The largest absolute Gasteiger partial charge is 0.355 e. The number of rotatable bonds is 7. The maximum absolute atomic E-state index is 11.6. The minimum absolute atomic E-state index is 0.313. The zero-order valence-corrected chi connectivity index (χ0v) is 12.9. The second-order valence-electron chi connectivity index (χ2n) is 4.37. The number of thiazole rings is 1. The van der Waals surface area contributed by atoms with Crippen LogP contribution in [0.3, 0.4) is 0 Å². The third-order valence-electron chi connectivity index (χ3n) is 2.51. The molecule has 0 spiro atoms. The zero-order valence-electron chi connectivity index (χ0n) is 11.3. The van der Waals surface area contributed by atoms with E-state index in [1.807, 2.05) is 6.92 Å². The Balaban J connectivity index is 2.26. The first-order chi connectivity index (χ1) is 8.79. The second kappa shape index (κ2) is 6.97. The van der Waals surface area contributed by atoms with Crippen LogP contribution in [0.15, 0.2) is 5.51 Å². The van der Waals surface area contributed by atoms with Gasteiger partial charge in [0.25, 0.3) is 0 Å². The van der Waals surface area contributed by atoms with Gasteiger partial charge in [0.05, 0.1) is 23.5 Å². The molecule has 0 saturated carbocycles. The van der Waals surface area contributed by atoms with E-state index in [-0.39, 0.29) is 5.91 Å². The van der Waals surface area contributed by atoms with Crippen LogP contribution in [0, 0.1) is 6.92 Å². The summed E-state index contributed by atoms with van der Waals surface area (Å²) in [6, 6.07) is -0.750. The van der Waals surface area contributed by atoms with Crippen molar-refractivity contribution < 1.29 is 13.2 Å². The van der Waals surface area contributed by atoms with Crippen LogP contribution in [0.1, 0.15) is 23.9 Å². The molecule has 1 heterocycles. The summed E-state index contributed by atoms with van der Waals surface area (Å²) in [6.07, 6.45) is 2.70. The summed E-state index contributed by atoms with van der Waals surface area (Å²) in [5.74, 6) is -0.313. The lowest BCUT2D eigenvalue weighted by molar-refractivity contribution is -0.122. The quantitative estimate of drug-likeness (QED) is 0.715. The summed E-state index contributed by atoms with van der Waals surface area (Å²) in [5, 5.41) is 2.71. The highest BCUT2D eigenvalue weighted by molar-refractivity contribution is 7.88. The van der Waals surface area contributed by atoms with E-state index in [0.717, 1.165) is 24.8 Å². The van der Waals surface area contributed by atoms with E-state index >= 15 is 0 Å². The van der Waals surface area contributed by atoms with E-state index < -0.39 is 16.1 Å². The minimum Gasteiger partial charge on any atom is -0.355 e. The van der Waals surface area contributed by atoms with Crippen molar-refractivity contribution in [1.29, 1.82) is 0 Å². The fraction of sp³-hybridized carbons (Fsp3) is 0.636. The van der Waals surface area contributed by atoms with E-state index in [4.69, 9.17) is 0 Å². The van der Waals surface area contributed by atoms with Gasteiger partial charge in [-0.15, -0.1) is 11.3 Å². The Morgan fingerprint density at radius 1 is 1.53 bits per heavy atom. The van der Waals surface area contributed by atoms with E-state index in [0.29, 0.717) is 6.54 Å². The molecule has 8 heteroatoms. The molecule has 1 rings (SSSR count). The number of hydrogen-bond acceptors (Lipinski definition) is 5. The molecule has 0 saturated heterocycles. The van der Waals surface area contributed by atoms with Crippen LogP contribution in [0.5, 0.6) is 0 Å². The Morgan fingerprint density at radius 2 is 2.21 bits per heavy atom. The molecule has 1 unspecified atom stereocenters. The first kappa shape index (κ1) is 16.1. The number of sulfonamides is 1. The average Bonchev–Trinajstić information content (AvgIpc) is 2.68. The molecule has 0 radical (unpaired) electrons.